The first kappa shape index (κ1) is 18.6. The molecule has 1 saturated heterocycles. The molecule has 25 heavy (non-hydrogen) atoms. The maximum absolute atomic E-state index is 11.8. The van der Waals surface area contributed by atoms with Gasteiger partial charge >= 0.3 is 5.97 Å². The molecule has 5 heteroatoms. The minimum absolute atomic E-state index is 0.0280. The van der Waals surface area contributed by atoms with Gasteiger partial charge in [0.15, 0.2) is 0 Å². The van der Waals surface area contributed by atoms with E-state index in [2.05, 4.69) is 13.5 Å². The number of hydrogen-bond donors (Lipinski definition) is 3. The zero-order chi connectivity index (χ0) is 18.4. The number of cyclic esters (lactones) is 1. The number of rotatable bonds is 3. The van der Waals surface area contributed by atoms with Gasteiger partial charge in [-0.1, -0.05) is 32.1 Å². The molecule has 3 fully saturated rings. The lowest BCUT2D eigenvalue weighted by molar-refractivity contribution is -0.151. The van der Waals surface area contributed by atoms with E-state index in [9.17, 15) is 20.1 Å². The lowest BCUT2D eigenvalue weighted by Crippen LogP contribution is -2.57. The van der Waals surface area contributed by atoms with Crippen LogP contribution in [0.4, 0.5) is 0 Å². The van der Waals surface area contributed by atoms with Crippen molar-refractivity contribution in [2.24, 2.45) is 22.7 Å². The third-order valence-electron chi connectivity index (χ3n) is 7.23. The van der Waals surface area contributed by atoms with Gasteiger partial charge in [-0.3, -0.25) is 0 Å². The van der Waals surface area contributed by atoms with E-state index in [4.69, 9.17) is 4.74 Å². The molecule has 1 heterocycles. The Kier molecular flexibility index (Phi) is 4.86. The molecule has 3 N–H and O–H groups in total. The van der Waals surface area contributed by atoms with Crippen molar-refractivity contribution in [2.45, 2.75) is 58.2 Å². The molecule has 6 atom stereocenters. The highest BCUT2D eigenvalue weighted by atomic mass is 16.6. The van der Waals surface area contributed by atoms with E-state index in [0.29, 0.717) is 18.4 Å². The van der Waals surface area contributed by atoms with Crippen LogP contribution in [0.3, 0.4) is 0 Å². The summed E-state index contributed by atoms with van der Waals surface area (Å²) in [6.45, 7) is 8.50. The summed E-state index contributed by atoms with van der Waals surface area (Å²) in [6, 6.07) is 0. The Morgan fingerprint density at radius 3 is 2.64 bits per heavy atom. The number of ether oxygens (including phenoxy) is 1. The van der Waals surface area contributed by atoms with Crippen molar-refractivity contribution in [3.05, 3.63) is 23.8 Å². The van der Waals surface area contributed by atoms with Gasteiger partial charge in [-0.15, -0.1) is 0 Å². The second kappa shape index (κ2) is 6.53. The van der Waals surface area contributed by atoms with E-state index in [0.717, 1.165) is 24.8 Å². The number of aliphatic hydroxyl groups is 3. The van der Waals surface area contributed by atoms with Gasteiger partial charge in [0.1, 0.15) is 12.7 Å². The molecule has 0 aromatic rings. The minimum atomic E-state index is -0.844. The average molecular weight is 350 g/mol. The molecule has 2 aliphatic carbocycles. The van der Waals surface area contributed by atoms with Crippen LogP contribution in [0, 0.1) is 22.7 Å². The first-order chi connectivity index (χ1) is 11.7. The maximum atomic E-state index is 11.8. The van der Waals surface area contributed by atoms with Crippen LogP contribution >= 0.6 is 0 Å². The van der Waals surface area contributed by atoms with Crippen molar-refractivity contribution in [3.63, 3.8) is 0 Å². The lowest BCUT2D eigenvalue weighted by atomic mass is 9.46. The van der Waals surface area contributed by atoms with Crippen LogP contribution in [0.5, 0.6) is 0 Å². The number of carbonyl (C=O) groups is 1. The molecule has 140 valence electrons. The molecular weight excluding hydrogens is 320 g/mol. The van der Waals surface area contributed by atoms with Crippen molar-refractivity contribution in [2.75, 3.05) is 13.2 Å². The summed E-state index contributed by atoms with van der Waals surface area (Å²) in [5, 5.41) is 30.4. The number of carbonyl (C=O) groups excluding carboxylic acids is 1. The smallest absolute Gasteiger partial charge is 0.336 e. The van der Waals surface area contributed by atoms with Crippen molar-refractivity contribution in [1.29, 1.82) is 0 Å². The van der Waals surface area contributed by atoms with Gasteiger partial charge < -0.3 is 20.1 Å². The van der Waals surface area contributed by atoms with Crippen molar-refractivity contribution < 1.29 is 24.9 Å². The normalized spacial score (nSPS) is 46.2. The molecule has 0 radical (unpaired) electrons. The van der Waals surface area contributed by atoms with Crippen LogP contribution in [-0.2, 0) is 9.53 Å². The number of esters is 1. The van der Waals surface area contributed by atoms with Gasteiger partial charge in [0.05, 0.1) is 18.3 Å². The van der Waals surface area contributed by atoms with E-state index in [1.54, 1.807) is 0 Å². The molecule has 3 aliphatic rings. The SMILES string of the molecule is C=C1CC[C@@H]2[C@](C)(CO)[C@H](O)CC[C@@]2(C)[C@@H]1C/C=C1\C(=O)OC[C@H]1O. The van der Waals surface area contributed by atoms with Gasteiger partial charge in [-0.2, -0.15) is 0 Å². The minimum Gasteiger partial charge on any atom is -0.459 e. The summed E-state index contributed by atoms with van der Waals surface area (Å²) in [4.78, 5) is 11.8. The second-order valence-electron chi connectivity index (χ2n) is 8.54. The van der Waals surface area contributed by atoms with Crippen molar-refractivity contribution in [1.82, 2.24) is 0 Å². The highest BCUT2D eigenvalue weighted by Gasteiger charge is 2.57. The highest BCUT2D eigenvalue weighted by molar-refractivity contribution is 5.91. The first-order valence-electron chi connectivity index (χ1n) is 9.26. The fourth-order valence-corrected chi connectivity index (χ4v) is 5.56. The summed E-state index contributed by atoms with van der Waals surface area (Å²) in [5.41, 5.74) is 0.911. The molecule has 2 saturated carbocycles. The molecule has 3 rings (SSSR count). The Morgan fingerprint density at radius 1 is 1.32 bits per heavy atom. The Morgan fingerprint density at radius 2 is 2.04 bits per heavy atom. The van der Waals surface area contributed by atoms with Crippen molar-refractivity contribution >= 4 is 5.97 Å². The van der Waals surface area contributed by atoms with Crippen LogP contribution < -0.4 is 0 Å². The number of fused-ring (bicyclic) bond motifs is 1. The summed E-state index contributed by atoms with van der Waals surface area (Å²) in [7, 11) is 0. The number of hydrogen-bond acceptors (Lipinski definition) is 5. The second-order valence-corrected chi connectivity index (χ2v) is 8.54. The fraction of sp³-hybridized carbons (Fsp3) is 0.750. The molecule has 5 nitrogen and oxygen atoms in total. The largest absolute Gasteiger partial charge is 0.459 e. The monoisotopic (exact) mass is 350 g/mol. The lowest BCUT2D eigenvalue weighted by Gasteiger charge is -2.59. The Balaban J connectivity index is 1.89. The van der Waals surface area contributed by atoms with Gasteiger partial charge in [0, 0.05) is 5.41 Å². The van der Waals surface area contributed by atoms with E-state index < -0.39 is 23.6 Å². The predicted molar refractivity (Wildman–Crippen MR) is 93.6 cm³/mol. The van der Waals surface area contributed by atoms with Gasteiger partial charge in [0.25, 0.3) is 0 Å². The predicted octanol–water partition coefficient (Wildman–Crippen LogP) is 1.96. The zero-order valence-corrected chi connectivity index (χ0v) is 15.2. The van der Waals surface area contributed by atoms with E-state index in [1.807, 2.05) is 13.0 Å². The molecule has 0 unspecified atom stereocenters. The summed E-state index contributed by atoms with van der Waals surface area (Å²) < 4.78 is 4.90. The van der Waals surface area contributed by atoms with Crippen LogP contribution in [-0.4, -0.2) is 46.7 Å². The number of allylic oxidation sites excluding steroid dienone is 2. The molecule has 0 aromatic carbocycles. The van der Waals surface area contributed by atoms with Gasteiger partial charge in [-0.05, 0) is 49.4 Å². The third kappa shape index (κ3) is 2.86. The molecule has 0 aromatic heterocycles. The van der Waals surface area contributed by atoms with Gasteiger partial charge in [0.2, 0.25) is 0 Å². The summed E-state index contributed by atoms with van der Waals surface area (Å²) in [5.74, 6) is -0.0734. The third-order valence-corrected chi connectivity index (χ3v) is 7.23. The van der Waals surface area contributed by atoms with Crippen LogP contribution in [0.25, 0.3) is 0 Å². The Labute approximate surface area is 149 Å². The summed E-state index contributed by atoms with van der Waals surface area (Å²) in [6.07, 6.45) is 4.42. The van der Waals surface area contributed by atoms with Crippen LogP contribution in [0.2, 0.25) is 0 Å². The maximum Gasteiger partial charge on any atom is 0.336 e. The molecule has 0 bridgehead atoms. The van der Waals surface area contributed by atoms with Crippen molar-refractivity contribution in [3.8, 4) is 0 Å². The standard InChI is InChI=1S/C20H30O5/c1-12-4-7-16-19(2,9-8-17(23)20(16,3)11-21)14(12)6-5-13-15(22)10-25-18(13)24/h5,14-17,21-23H,1,4,6-11H2,2-3H3/b13-5-/t14-,15-,16+,17-,19+,20+/m1/s1. The average Bonchev–Trinajstić information content (AvgIpc) is 2.89. The van der Waals surface area contributed by atoms with Gasteiger partial charge in [-0.25, -0.2) is 4.79 Å². The Bertz CT molecular complexity index is 597. The highest BCUT2D eigenvalue weighted by Crippen LogP contribution is 2.61. The quantitative estimate of drug-likeness (QED) is 0.411. The Hall–Kier alpha value is -1.17. The molecule has 0 spiro atoms. The van der Waals surface area contributed by atoms with E-state index in [-0.39, 0.29) is 30.5 Å². The van der Waals surface area contributed by atoms with E-state index in [1.165, 1.54) is 0 Å². The fourth-order valence-electron chi connectivity index (χ4n) is 5.56. The zero-order valence-electron chi connectivity index (χ0n) is 15.2. The number of aliphatic hydroxyl groups excluding tert-OH is 3. The molecular formula is C20H30O5. The molecule has 1 aliphatic heterocycles. The van der Waals surface area contributed by atoms with Crippen LogP contribution in [0.15, 0.2) is 23.8 Å². The summed E-state index contributed by atoms with van der Waals surface area (Å²) >= 11 is 0. The van der Waals surface area contributed by atoms with Crippen LogP contribution in [0.1, 0.15) is 46.0 Å². The molecule has 0 amide bonds. The first-order valence-corrected chi connectivity index (χ1v) is 9.26. The van der Waals surface area contributed by atoms with E-state index >= 15 is 0 Å². The topological polar surface area (TPSA) is 87.0 Å².